The van der Waals surface area contributed by atoms with Crippen molar-refractivity contribution in [3.8, 4) is 0 Å². The number of aliphatic carboxylic acids is 1. The molecule has 0 bridgehead atoms. The fourth-order valence-corrected chi connectivity index (χ4v) is 2.65. The van der Waals surface area contributed by atoms with Crippen molar-refractivity contribution in [2.45, 2.75) is 32.6 Å². The maximum Gasteiger partial charge on any atom is 0.312 e. The van der Waals surface area contributed by atoms with Gasteiger partial charge in [0, 0.05) is 18.2 Å². The van der Waals surface area contributed by atoms with E-state index in [1.165, 1.54) is 0 Å². The van der Waals surface area contributed by atoms with Crippen molar-refractivity contribution in [3.63, 3.8) is 0 Å². The third-order valence-corrected chi connectivity index (χ3v) is 3.68. The number of rotatable bonds is 4. The highest BCUT2D eigenvalue weighted by Gasteiger charge is 2.37. The Morgan fingerprint density at radius 2 is 2.11 bits per heavy atom. The van der Waals surface area contributed by atoms with Gasteiger partial charge in [0.2, 0.25) is 5.91 Å². The van der Waals surface area contributed by atoms with Crippen molar-refractivity contribution in [2.24, 2.45) is 5.92 Å². The zero-order valence-electron chi connectivity index (χ0n) is 11.3. The van der Waals surface area contributed by atoms with Gasteiger partial charge >= 0.3 is 5.97 Å². The van der Waals surface area contributed by atoms with E-state index < -0.39 is 11.9 Å². The molecule has 4 nitrogen and oxygen atoms in total. The number of para-hydroxylation sites is 1. The second-order valence-electron chi connectivity index (χ2n) is 5.09. The van der Waals surface area contributed by atoms with E-state index in [-0.39, 0.29) is 18.4 Å². The molecule has 0 saturated carbocycles. The molecule has 0 spiro atoms. The Labute approximate surface area is 113 Å². The highest BCUT2D eigenvalue weighted by molar-refractivity contribution is 5.99. The van der Waals surface area contributed by atoms with E-state index in [2.05, 4.69) is 0 Å². The first-order valence-electron chi connectivity index (χ1n) is 6.69. The summed E-state index contributed by atoms with van der Waals surface area (Å²) in [5, 5.41) is 9.26. The minimum absolute atomic E-state index is 0.0260. The third kappa shape index (κ3) is 2.48. The fraction of sp³-hybridized carbons (Fsp3) is 0.467. The molecular formula is C15H19NO3. The Bertz CT molecular complexity index is 498. The first kappa shape index (κ1) is 13.6. The number of carbonyl (C=O) groups is 2. The van der Waals surface area contributed by atoms with Gasteiger partial charge in [-0.25, -0.2) is 0 Å². The number of nitrogens with zero attached hydrogens (tertiary/aromatic N) is 1. The number of amides is 1. The lowest BCUT2D eigenvalue weighted by molar-refractivity contribution is -0.138. The van der Waals surface area contributed by atoms with Gasteiger partial charge in [-0.15, -0.1) is 0 Å². The predicted molar refractivity (Wildman–Crippen MR) is 73.2 cm³/mol. The largest absolute Gasteiger partial charge is 0.481 e. The van der Waals surface area contributed by atoms with Crippen LogP contribution in [0.2, 0.25) is 0 Å². The molecule has 0 fully saturated rings. The molecule has 2 unspecified atom stereocenters. The lowest BCUT2D eigenvalue weighted by atomic mass is 10.0. The molecular weight excluding hydrogens is 242 g/mol. The lowest BCUT2D eigenvalue weighted by Gasteiger charge is -2.21. The number of hydrogen-bond acceptors (Lipinski definition) is 2. The number of carboxylic acids is 1. The third-order valence-electron chi connectivity index (χ3n) is 3.68. The molecule has 1 N–H and O–H groups in total. The van der Waals surface area contributed by atoms with Gasteiger partial charge in [-0.2, -0.15) is 0 Å². The topological polar surface area (TPSA) is 57.6 Å². The summed E-state index contributed by atoms with van der Waals surface area (Å²) in [6, 6.07) is 7.28. The minimum Gasteiger partial charge on any atom is -0.481 e. The Morgan fingerprint density at radius 3 is 2.74 bits per heavy atom. The van der Waals surface area contributed by atoms with Crippen LogP contribution in [0.5, 0.6) is 0 Å². The van der Waals surface area contributed by atoms with E-state index in [0.717, 1.165) is 24.1 Å². The average Bonchev–Trinajstić information content (AvgIpc) is 2.78. The molecule has 0 saturated heterocycles. The van der Waals surface area contributed by atoms with Crippen LogP contribution in [0.4, 0.5) is 5.69 Å². The Kier molecular flexibility index (Phi) is 3.88. The highest BCUT2D eigenvalue weighted by Crippen LogP contribution is 2.37. The van der Waals surface area contributed by atoms with Gasteiger partial charge in [-0.1, -0.05) is 38.5 Å². The van der Waals surface area contributed by atoms with Crippen molar-refractivity contribution < 1.29 is 14.7 Å². The maximum absolute atomic E-state index is 12.4. The normalized spacial score (nSPS) is 19.1. The first-order valence-corrected chi connectivity index (χ1v) is 6.69. The molecule has 0 aromatic heterocycles. The van der Waals surface area contributed by atoms with E-state index in [4.69, 9.17) is 0 Å². The summed E-state index contributed by atoms with van der Waals surface area (Å²) in [6.45, 7) is 4.20. The monoisotopic (exact) mass is 261 g/mol. The number of anilines is 1. The molecule has 1 aromatic rings. The summed E-state index contributed by atoms with van der Waals surface area (Å²) in [5.41, 5.74) is 1.50. The van der Waals surface area contributed by atoms with Gasteiger partial charge in [-0.3, -0.25) is 9.59 Å². The van der Waals surface area contributed by atoms with Crippen molar-refractivity contribution >= 4 is 17.6 Å². The second kappa shape index (κ2) is 5.43. The Balaban J connectivity index is 2.30. The molecule has 2 rings (SSSR count). The Morgan fingerprint density at radius 1 is 1.42 bits per heavy atom. The quantitative estimate of drug-likeness (QED) is 0.906. The fourth-order valence-electron chi connectivity index (χ4n) is 2.65. The predicted octanol–water partition coefficient (Wildman–Crippen LogP) is 2.64. The van der Waals surface area contributed by atoms with Crippen LogP contribution in [0.1, 0.15) is 38.2 Å². The van der Waals surface area contributed by atoms with Crippen molar-refractivity contribution in [3.05, 3.63) is 29.8 Å². The number of carbonyl (C=O) groups excluding carboxylic acids is 1. The van der Waals surface area contributed by atoms with Gasteiger partial charge < -0.3 is 10.0 Å². The summed E-state index contributed by atoms with van der Waals surface area (Å²) in [7, 11) is 0. The summed E-state index contributed by atoms with van der Waals surface area (Å²) < 4.78 is 0. The smallest absolute Gasteiger partial charge is 0.312 e. The molecule has 1 aliphatic rings. The molecule has 1 heterocycles. The summed E-state index contributed by atoms with van der Waals surface area (Å²) in [6.07, 6.45) is 1.78. The van der Waals surface area contributed by atoms with Crippen LogP contribution in [-0.2, 0) is 9.59 Å². The lowest BCUT2D eigenvalue weighted by Crippen LogP contribution is -2.35. The average molecular weight is 261 g/mol. The molecule has 1 amide bonds. The number of carboxylic acid groups (broad SMARTS) is 1. The van der Waals surface area contributed by atoms with Crippen LogP contribution in [0.25, 0.3) is 0 Å². The van der Waals surface area contributed by atoms with Gasteiger partial charge in [0.1, 0.15) is 5.92 Å². The first-order chi connectivity index (χ1) is 9.06. The van der Waals surface area contributed by atoms with Gasteiger partial charge in [0.05, 0.1) is 0 Å². The van der Waals surface area contributed by atoms with E-state index in [0.29, 0.717) is 0 Å². The molecule has 102 valence electrons. The second-order valence-corrected chi connectivity index (χ2v) is 5.09. The van der Waals surface area contributed by atoms with Crippen LogP contribution in [0, 0.1) is 5.92 Å². The summed E-state index contributed by atoms with van der Waals surface area (Å²) in [5.74, 6) is -1.51. The summed E-state index contributed by atoms with van der Waals surface area (Å²) in [4.78, 5) is 25.3. The Hall–Kier alpha value is -1.84. The standard InChI is InChI=1S/C15H19NO3/c1-3-6-10(2)14(17)16-9-12(15(18)19)11-7-4-5-8-13(11)16/h4-5,7-8,10,12H,3,6,9H2,1-2H3,(H,18,19). The highest BCUT2D eigenvalue weighted by atomic mass is 16.4. The van der Waals surface area contributed by atoms with Crippen LogP contribution in [0.3, 0.4) is 0 Å². The van der Waals surface area contributed by atoms with Crippen LogP contribution >= 0.6 is 0 Å². The molecule has 19 heavy (non-hydrogen) atoms. The number of hydrogen-bond donors (Lipinski definition) is 1. The number of fused-ring (bicyclic) bond motifs is 1. The van der Waals surface area contributed by atoms with Gasteiger partial charge in [0.25, 0.3) is 0 Å². The van der Waals surface area contributed by atoms with Crippen molar-refractivity contribution in [1.82, 2.24) is 0 Å². The molecule has 1 aromatic carbocycles. The van der Waals surface area contributed by atoms with Crippen molar-refractivity contribution in [2.75, 3.05) is 11.4 Å². The van der Waals surface area contributed by atoms with Gasteiger partial charge in [0.15, 0.2) is 0 Å². The van der Waals surface area contributed by atoms with Crippen LogP contribution < -0.4 is 4.90 Å². The van der Waals surface area contributed by atoms with Gasteiger partial charge in [-0.05, 0) is 18.1 Å². The van der Waals surface area contributed by atoms with E-state index in [9.17, 15) is 14.7 Å². The molecule has 0 aliphatic carbocycles. The molecule has 4 heteroatoms. The SMILES string of the molecule is CCCC(C)C(=O)N1CC(C(=O)O)c2ccccc21. The molecule has 0 radical (unpaired) electrons. The molecule has 2 atom stereocenters. The van der Waals surface area contributed by atoms with Crippen LogP contribution in [0.15, 0.2) is 24.3 Å². The number of benzene rings is 1. The van der Waals surface area contributed by atoms with E-state index >= 15 is 0 Å². The summed E-state index contributed by atoms with van der Waals surface area (Å²) >= 11 is 0. The van der Waals surface area contributed by atoms with E-state index in [1.54, 1.807) is 11.0 Å². The maximum atomic E-state index is 12.4. The molecule has 1 aliphatic heterocycles. The van der Waals surface area contributed by atoms with Crippen molar-refractivity contribution in [1.29, 1.82) is 0 Å². The van der Waals surface area contributed by atoms with Crippen LogP contribution in [-0.4, -0.2) is 23.5 Å². The zero-order valence-corrected chi connectivity index (χ0v) is 11.3. The van der Waals surface area contributed by atoms with E-state index in [1.807, 2.05) is 32.0 Å². The minimum atomic E-state index is -0.870. The zero-order chi connectivity index (χ0) is 14.0.